The SMILES string of the molecule is CC(C)C1=C(C(C)C)C(C(C)C)C(C(C)C)=C(C(C)C)S1. The molecular weight excluding hydrogens is 272 g/mol. The summed E-state index contributed by atoms with van der Waals surface area (Å²) >= 11 is 2.10. The second-order valence-electron chi connectivity index (χ2n) is 8.08. The number of allylic oxidation sites excluding steroid dienone is 4. The van der Waals surface area contributed by atoms with Crippen LogP contribution in [0.3, 0.4) is 0 Å². The van der Waals surface area contributed by atoms with Crippen molar-refractivity contribution < 1.29 is 0 Å². The Kier molecular flexibility index (Phi) is 6.65. The fourth-order valence-corrected chi connectivity index (χ4v) is 5.29. The molecule has 0 atom stereocenters. The minimum atomic E-state index is 0.635. The summed E-state index contributed by atoms with van der Waals surface area (Å²) in [5, 5.41) is 0. The van der Waals surface area contributed by atoms with E-state index in [1.165, 1.54) is 0 Å². The third-order valence-corrected chi connectivity index (χ3v) is 6.27. The Balaban J connectivity index is 3.56. The molecule has 0 saturated heterocycles. The maximum Gasteiger partial charge on any atom is 0.00573 e. The average molecular weight is 309 g/mol. The topological polar surface area (TPSA) is 0 Å². The van der Waals surface area contributed by atoms with Crippen LogP contribution in [0, 0.1) is 35.5 Å². The molecule has 0 aromatic rings. The summed E-state index contributed by atoms with van der Waals surface area (Å²) in [5.41, 5.74) is 3.44. The van der Waals surface area contributed by atoms with E-state index in [4.69, 9.17) is 0 Å². The number of thioether (sulfide) groups is 1. The van der Waals surface area contributed by atoms with E-state index in [0.717, 1.165) is 0 Å². The van der Waals surface area contributed by atoms with Gasteiger partial charge in [-0.25, -0.2) is 0 Å². The van der Waals surface area contributed by atoms with E-state index < -0.39 is 0 Å². The molecule has 1 heterocycles. The molecule has 122 valence electrons. The summed E-state index contributed by atoms with van der Waals surface area (Å²) in [6.07, 6.45) is 0. The van der Waals surface area contributed by atoms with Crippen LogP contribution in [0.25, 0.3) is 0 Å². The zero-order valence-electron chi connectivity index (χ0n) is 15.9. The van der Waals surface area contributed by atoms with E-state index in [0.29, 0.717) is 35.5 Å². The molecule has 0 unspecified atom stereocenters. The van der Waals surface area contributed by atoms with Gasteiger partial charge in [0.1, 0.15) is 0 Å². The van der Waals surface area contributed by atoms with Crippen LogP contribution in [0.4, 0.5) is 0 Å². The van der Waals surface area contributed by atoms with Gasteiger partial charge in [0, 0.05) is 5.92 Å². The van der Waals surface area contributed by atoms with Gasteiger partial charge in [-0.1, -0.05) is 92.1 Å². The molecular formula is C20H36S. The molecule has 0 N–H and O–H groups in total. The monoisotopic (exact) mass is 308 g/mol. The largest absolute Gasteiger partial charge is 0.0985 e. The van der Waals surface area contributed by atoms with Crippen molar-refractivity contribution in [2.45, 2.75) is 69.2 Å². The molecule has 1 aliphatic rings. The Morgan fingerprint density at radius 3 is 1.10 bits per heavy atom. The Morgan fingerprint density at radius 2 is 0.905 bits per heavy atom. The highest BCUT2D eigenvalue weighted by Gasteiger charge is 2.36. The zero-order chi connectivity index (χ0) is 16.5. The van der Waals surface area contributed by atoms with Gasteiger partial charge in [0.2, 0.25) is 0 Å². The maximum absolute atomic E-state index is 2.40. The summed E-state index contributed by atoms with van der Waals surface area (Å²) in [6, 6.07) is 0. The first-order valence-electron chi connectivity index (χ1n) is 8.75. The van der Waals surface area contributed by atoms with Gasteiger partial charge < -0.3 is 0 Å². The number of rotatable bonds is 5. The van der Waals surface area contributed by atoms with E-state index in [2.05, 4.69) is 81.0 Å². The summed E-state index contributed by atoms with van der Waals surface area (Å²) in [4.78, 5) is 3.30. The van der Waals surface area contributed by atoms with Crippen molar-refractivity contribution in [1.82, 2.24) is 0 Å². The molecule has 1 aliphatic heterocycles. The Morgan fingerprint density at radius 1 is 0.571 bits per heavy atom. The maximum atomic E-state index is 2.40. The van der Waals surface area contributed by atoms with E-state index in [9.17, 15) is 0 Å². The lowest BCUT2D eigenvalue weighted by Gasteiger charge is -2.41. The first kappa shape index (κ1) is 18.9. The third kappa shape index (κ3) is 3.97. The number of hydrogen-bond donors (Lipinski definition) is 0. The van der Waals surface area contributed by atoms with Crippen LogP contribution in [0.5, 0.6) is 0 Å². The molecule has 0 aliphatic carbocycles. The van der Waals surface area contributed by atoms with Gasteiger partial charge in [0.25, 0.3) is 0 Å². The van der Waals surface area contributed by atoms with Crippen LogP contribution in [-0.4, -0.2) is 0 Å². The molecule has 0 nitrogen and oxygen atoms in total. The van der Waals surface area contributed by atoms with Gasteiger partial charge in [0.15, 0.2) is 0 Å². The molecule has 0 saturated carbocycles. The second kappa shape index (κ2) is 7.40. The fraction of sp³-hybridized carbons (Fsp3) is 0.800. The molecule has 21 heavy (non-hydrogen) atoms. The Hall–Kier alpha value is -0.170. The zero-order valence-corrected chi connectivity index (χ0v) is 16.7. The van der Waals surface area contributed by atoms with E-state index >= 15 is 0 Å². The van der Waals surface area contributed by atoms with Crippen LogP contribution in [0.1, 0.15) is 69.2 Å². The van der Waals surface area contributed by atoms with Gasteiger partial charge >= 0.3 is 0 Å². The fourth-order valence-electron chi connectivity index (χ4n) is 3.62. The molecule has 0 radical (unpaired) electrons. The Bertz CT molecular complexity index is 383. The summed E-state index contributed by atoms with van der Waals surface area (Å²) in [6.45, 7) is 23.8. The number of hydrogen-bond acceptors (Lipinski definition) is 1. The smallest absolute Gasteiger partial charge is 0.00573 e. The summed E-state index contributed by atoms with van der Waals surface area (Å²) < 4.78 is 0. The molecule has 0 aromatic heterocycles. The lowest BCUT2D eigenvalue weighted by Crippen LogP contribution is -2.27. The Labute approximate surface area is 137 Å². The van der Waals surface area contributed by atoms with Crippen molar-refractivity contribution in [2.24, 2.45) is 35.5 Å². The highest BCUT2D eigenvalue weighted by Crippen LogP contribution is 2.53. The molecule has 0 amide bonds. The van der Waals surface area contributed by atoms with Crippen molar-refractivity contribution in [2.75, 3.05) is 0 Å². The van der Waals surface area contributed by atoms with Crippen molar-refractivity contribution in [3.05, 3.63) is 21.0 Å². The van der Waals surface area contributed by atoms with E-state index in [1.54, 1.807) is 21.0 Å². The normalized spacial score (nSPS) is 18.4. The van der Waals surface area contributed by atoms with Crippen LogP contribution >= 0.6 is 11.8 Å². The molecule has 0 aromatic carbocycles. The van der Waals surface area contributed by atoms with Crippen molar-refractivity contribution in [3.63, 3.8) is 0 Å². The van der Waals surface area contributed by atoms with Crippen LogP contribution in [0.2, 0.25) is 0 Å². The first-order chi connectivity index (χ1) is 9.59. The molecule has 0 spiro atoms. The predicted molar refractivity (Wildman–Crippen MR) is 99.3 cm³/mol. The van der Waals surface area contributed by atoms with Gasteiger partial charge in [-0.2, -0.15) is 0 Å². The minimum absolute atomic E-state index is 0.635. The highest BCUT2D eigenvalue weighted by molar-refractivity contribution is 8.06. The summed E-state index contributed by atoms with van der Waals surface area (Å²) in [7, 11) is 0. The van der Waals surface area contributed by atoms with Crippen molar-refractivity contribution in [1.29, 1.82) is 0 Å². The molecule has 1 rings (SSSR count). The quantitative estimate of drug-likeness (QED) is 0.520. The van der Waals surface area contributed by atoms with Crippen LogP contribution < -0.4 is 0 Å². The highest BCUT2D eigenvalue weighted by atomic mass is 32.2. The lowest BCUT2D eigenvalue weighted by molar-refractivity contribution is 0.420. The van der Waals surface area contributed by atoms with Crippen molar-refractivity contribution >= 4 is 11.8 Å². The second-order valence-corrected chi connectivity index (χ2v) is 9.17. The average Bonchev–Trinajstić information content (AvgIpc) is 2.34. The standard InChI is InChI=1S/C20H36S/c1-11(2)16-17(12(3)4)19(14(7)8)21-20(15(9)10)18(16)13(5)6/h11-16H,1-10H3. The molecule has 0 fully saturated rings. The minimum Gasteiger partial charge on any atom is -0.0985 e. The molecule has 1 heteroatoms. The van der Waals surface area contributed by atoms with Gasteiger partial charge in [-0.3, -0.25) is 0 Å². The molecule has 0 bridgehead atoms. The van der Waals surface area contributed by atoms with Crippen LogP contribution in [0.15, 0.2) is 21.0 Å². The van der Waals surface area contributed by atoms with E-state index in [1.807, 2.05) is 0 Å². The van der Waals surface area contributed by atoms with Gasteiger partial charge in [-0.15, -0.1) is 0 Å². The van der Waals surface area contributed by atoms with Gasteiger partial charge in [-0.05, 0) is 39.4 Å². The van der Waals surface area contributed by atoms with Gasteiger partial charge in [0.05, 0.1) is 0 Å². The van der Waals surface area contributed by atoms with Crippen molar-refractivity contribution in [3.8, 4) is 0 Å². The van der Waals surface area contributed by atoms with E-state index in [-0.39, 0.29) is 0 Å². The van der Waals surface area contributed by atoms with Crippen LogP contribution in [-0.2, 0) is 0 Å². The first-order valence-corrected chi connectivity index (χ1v) is 9.56. The summed E-state index contributed by atoms with van der Waals surface area (Å²) in [5.74, 6) is 3.88. The lowest BCUT2D eigenvalue weighted by atomic mass is 9.72. The third-order valence-electron chi connectivity index (χ3n) is 4.42. The predicted octanol–water partition coefficient (Wildman–Crippen LogP) is 7.14.